The molecule has 0 saturated heterocycles. The van der Waals surface area contributed by atoms with Crippen molar-refractivity contribution in [2.75, 3.05) is 12.3 Å². The molecule has 18 heavy (non-hydrogen) atoms. The Bertz CT molecular complexity index is 329. The van der Waals surface area contributed by atoms with Gasteiger partial charge in [-0.15, -0.1) is 0 Å². The van der Waals surface area contributed by atoms with Crippen molar-refractivity contribution in [2.24, 2.45) is 11.8 Å². The highest BCUT2D eigenvalue weighted by molar-refractivity contribution is 7.85. The lowest BCUT2D eigenvalue weighted by atomic mass is 10.0. The molecule has 3 unspecified atom stereocenters. The Labute approximate surface area is 111 Å². The van der Waals surface area contributed by atoms with Crippen LogP contribution in [0.3, 0.4) is 0 Å². The van der Waals surface area contributed by atoms with Gasteiger partial charge in [0, 0.05) is 6.04 Å². The summed E-state index contributed by atoms with van der Waals surface area (Å²) in [6.45, 7) is 5.53. The van der Waals surface area contributed by atoms with Crippen molar-refractivity contribution in [2.45, 2.75) is 58.4 Å². The summed E-state index contributed by atoms with van der Waals surface area (Å²) in [7, 11) is -3.77. The second-order valence-electron chi connectivity index (χ2n) is 5.65. The molecule has 2 N–H and O–H groups in total. The van der Waals surface area contributed by atoms with Crippen LogP contribution in [0.1, 0.15) is 52.4 Å². The van der Waals surface area contributed by atoms with E-state index in [4.69, 9.17) is 4.55 Å². The van der Waals surface area contributed by atoms with Gasteiger partial charge in [-0.2, -0.15) is 8.42 Å². The number of unbranched alkanes of at least 4 members (excludes halogenated alkanes) is 2. The van der Waals surface area contributed by atoms with Gasteiger partial charge < -0.3 is 5.32 Å². The molecule has 0 heterocycles. The molecule has 108 valence electrons. The van der Waals surface area contributed by atoms with Crippen molar-refractivity contribution in [3.05, 3.63) is 0 Å². The van der Waals surface area contributed by atoms with E-state index < -0.39 is 10.1 Å². The van der Waals surface area contributed by atoms with Gasteiger partial charge in [-0.25, -0.2) is 0 Å². The van der Waals surface area contributed by atoms with Gasteiger partial charge in [0.25, 0.3) is 10.1 Å². The molecule has 0 aliphatic heterocycles. The molecule has 1 saturated carbocycles. The molecular weight excluding hydrogens is 250 g/mol. The van der Waals surface area contributed by atoms with Crippen LogP contribution in [-0.2, 0) is 10.1 Å². The maximum atomic E-state index is 10.5. The van der Waals surface area contributed by atoms with Gasteiger partial charge in [0.2, 0.25) is 0 Å². The van der Waals surface area contributed by atoms with Crippen LogP contribution in [0.25, 0.3) is 0 Å². The van der Waals surface area contributed by atoms with Gasteiger partial charge in [-0.05, 0) is 44.1 Å². The Morgan fingerprint density at radius 1 is 1.22 bits per heavy atom. The molecular formula is C13H27NO3S. The van der Waals surface area contributed by atoms with Crippen LogP contribution in [0.2, 0.25) is 0 Å². The summed E-state index contributed by atoms with van der Waals surface area (Å²) in [6.07, 6.45) is 6.23. The summed E-state index contributed by atoms with van der Waals surface area (Å²) in [6, 6.07) is 0.645. The molecule has 3 atom stereocenters. The van der Waals surface area contributed by atoms with Crippen LogP contribution in [0.5, 0.6) is 0 Å². The Hall–Kier alpha value is -0.130. The second kappa shape index (κ2) is 7.46. The summed E-state index contributed by atoms with van der Waals surface area (Å²) >= 11 is 0. The highest BCUT2D eigenvalue weighted by Gasteiger charge is 2.29. The Morgan fingerprint density at radius 3 is 2.56 bits per heavy atom. The van der Waals surface area contributed by atoms with E-state index in [0.29, 0.717) is 12.5 Å². The molecule has 5 heteroatoms. The van der Waals surface area contributed by atoms with Gasteiger partial charge in [0.1, 0.15) is 0 Å². The first-order chi connectivity index (χ1) is 8.42. The van der Waals surface area contributed by atoms with Crippen molar-refractivity contribution in [3.8, 4) is 0 Å². The van der Waals surface area contributed by atoms with Crippen molar-refractivity contribution < 1.29 is 13.0 Å². The summed E-state index contributed by atoms with van der Waals surface area (Å²) in [5.74, 6) is 1.52. The zero-order chi connectivity index (χ0) is 13.6. The maximum Gasteiger partial charge on any atom is 0.264 e. The monoisotopic (exact) mass is 277 g/mol. The predicted octanol–water partition coefficient (Wildman–Crippen LogP) is 2.46. The fraction of sp³-hybridized carbons (Fsp3) is 1.00. The summed E-state index contributed by atoms with van der Waals surface area (Å²) in [4.78, 5) is 0. The third kappa shape index (κ3) is 6.16. The zero-order valence-corrected chi connectivity index (χ0v) is 12.4. The minimum atomic E-state index is -3.77. The first kappa shape index (κ1) is 15.9. The lowest BCUT2D eigenvalue weighted by Crippen LogP contribution is -2.33. The molecule has 0 radical (unpaired) electrons. The molecule has 1 fully saturated rings. The Morgan fingerprint density at radius 2 is 1.94 bits per heavy atom. The number of hydrogen-bond donors (Lipinski definition) is 2. The SMILES string of the molecule is CCC1CC(C)CC1NCCCCCS(=O)(=O)O. The Balaban J connectivity index is 2.07. The number of nitrogens with one attached hydrogen (secondary N) is 1. The molecule has 0 aromatic carbocycles. The molecule has 1 aliphatic rings. The minimum Gasteiger partial charge on any atom is -0.314 e. The van der Waals surface area contributed by atoms with Crippen molar-refractivity contribution >= 4 is 10.1 Å². The fourth-order valence-electron chi connectivity index (χ4n) is 2.98. The van der Waals surface area contributed by atoms with Crippen molar-refractivity contribution in [1.82, 2.24) is 5.32 Å². The van der Waals surface area contributed by atoms with Crippen LogP contribution >= 0.6 is 0 Å². The zero-order valence-electron chi connectivity index (χ0n) is 11.6. The van der Waals surface area contributed by atoms with Crippen LogP contribution in [0.4, 0.5) is 0 Å². The maximum absolute atomic E-state index is 10.5. The van der Waals surface area contributed by atoms with Crippen LogP contribution < -0.4 is 5.32 Å². The van der Waals surface area contributed by atoms with Crippen LogP contribution in [0.15, 0.2) is 0 Å². The lowest BCUT2D eigenvalue weighted by Gasteiger charge is -2.19. The topological polar surface area (TPSA) is 66.4 Å². The van der Waals surface area contributed by atoms with Crippen LogP contribution in [-0.4, -0.2) is 31.3 Å². The smallest absolute Gasteiger partial charge is 0.264 e. The van der Waals surface area contributed by atoms with E-state index in [2.05, 4.69) is 19.2 Å². The van der Waals surface area contributed by atoms with Crippen molar-refractivity contribution in [3.63, 3.8) is 0 Å². The first-order valence-electron chi connectivity index (χ1n) is 7.11. The summed E-state index contributed by atoms with van der Waals surface area (Å²) in [5, 5.41) is 3.60. The summed E-state index contributed by atoms with van der Waals surface area (Å²) in [5.41, 5.74) is 0. The lowest BCUT2D eigenvalue weighted by molar-refractivity contribution is 0.386. The molecule has 0 aromatic heterocycles. The number of rotatable bonds is 8. The third-order valence-electron chi connectivity index (χ3n) is 3.94. The molecule has 1 rings (SSSR count). The van der Waals surface area contributed by atoms with Gasteiger partial charge >= 0.3 is 0 Å². The quantitative estimate of drug-likeness (QED) is 0.528. The molecule has 0 amide bonds. The van der Waals surface area contributed by atoms with E-state index in [9.17, 15) is 8.42 Å². The van der Waals surface area contributed by atoms with Gasteiger partial charge in [0.15, 0.2) is 0 Å². The van der Waals surface area contributed by atoms with E-state index >= 15 is 0 Å². The van der Waals surface area contributed by atoms with E-state index in [0.717, 1.165) is 31.2 Å². The van der Waals surface area contributed by atoms with Gasteiger partial charge in [-0.3, -0.25) is 4.55 Å². The van der Waals surface area contributed by atoms with E-state index in [1.165, 1.54) is 19.3 Å². The Kier molecular flexibility index (Phi) is 6.60. The van der Waals surface area contributed by atoms with E-state index in [1.54, 1.807) is 0 Å². The highest BCUT2D eigenvalue weighted by atomic mass is 32.2. The highest BCUT2D eigenvalue weighted by Crippen LogP contribution is 2.32. The van der Waals surface area contributed by atoms with E-state index in [-0.39, 0.29) is 5.75 Å². The first-order valence-corrected chi connectivity index (χ1v) is 8.72. The predicted molar refractivity (Wildman–Crippen MR) is 74.2 cm³/mol. The molecule has 0 bridgehead atoms. The normalized spacial score (nSPS) is 28.7. The molecule has 0 aromatic rings. The third-order valence-corrected chi connectivity index (χ3v) is 4.75. The van der Waals surface area contributed by atoms with Crippen molar-refractivity contribution in [1.29, 1.82) is 0 Å². The fourth-order valence-corrected chi connectivity index (χ4v) is 3.55. The second-order valence-corrected chi connectivity index (χ2v) is 7.22. The molecule has 4 nitrogen and oxygen atoms in total. The van der Waals surface area contributed by atoms with Gasteiger partial charge in [-0.1, -0.05) is 26.7 Å². The van der Waals surface area contributed by atoms with Gasteiger partial charge in [0.05, 0.1) is 5.75 Å². The molecule has 0 spiro atoms. The molecule has 1 aliphatic carbocycles. The summed E-state index contributed by atoms with van der Waals surface area (Å²) < 4.78 is 29.7. The largest absolute Gasteiger partial charge is 0.314 e. The number of hydrogen-bond acceptors (Lipinski definition) is 3. The minimum absolute atomic E-state index is 0.106. The standard InChI is InChI=1S/C13H27NO3S/c1-3-12-9-11(2)10-13(12)14-7-5-4-6-8-18(15,16)17/h11-14H,3-10H2,1-2H3,(H,15,16,17). The average Bonchev–Trinajstić information content (AvgIpc) is 2.62. The van der Waals surface area contributed by atoms with Crippen LogP contribution in [0, 0.1) is 11.8 Å². The van der Waals surface area contributed by atoms with E-state index in [1.807, 2.05) is 0 Å². The average molecular weight is 277 g/mol.